The minimum absolute atomic E-state index is 0.0371. The van der Waals surface area contributed by atoms with Crippen LogP contribution in [-0.2, 0) is 0 Å². The third kappa shape index (κ3) is 5.39. The molecule has 28 heavy (non-hydrogen) atoms. The first kappa shape index (κ1) is 19.5. The van der Waals surface area contributed by atoms with Crippen LogP contribution in [0.1, 0.15) is 42.1 Å². The van der Waals surface area contributed by atoms with E-state index in [1.807, 2.05) is 48.5 Å². The number of rotatable bonds is 8. The summed E-state index contributed by atoms with van der Waals surface area (Å²) >= 11 is 0. The highest BCUT2D eigenvalue weighted by Crippen LogP contribution is 2.20. The quantitative estimate of drug-likeness (QED) is 0.537. The number of nitrogens with zero attached hydrogens (tertiary/aromatic N) is 2. The zero-order valence-electron chi connectivity index (χ0n) is 16.4. The summed E-state index contributed by atoms with van der Waals surface area (Å²) in [4.78, 5) is 12.1. The van der Waals surface area contributed by atoms with E-state index in [4.69, 9.17) is 0 Å². The maximum Gasteiger partial charge on any atom is 0.251 e. The van der Waals surface area contributed by atoms with Crippen molar-refractivity contribution in [1.82, 2.24) is 15.5 Å². The molecular weight excluding hydrogens is 348 g/mol. The van der Waals surface area contributed by atoms with Gasteiger partial charge in [0.1, 0.15) is 0 Å². The van der Waals surface area contributed by atoms with Crippen molar-refractivity contribution in [3.8, 4) is 11.3 Å². The van der Waals surface area contributed by atoms with E-state index in [1.165, 1.54) is 5.56 Å². The maximum absolute atomic E-state index is 12.1. The second-order valence-corrected chi connectivity index (χ2v) is 6.84. The third-order valence-corrected chi connectivity index (χ3v) is 4.46. The summed E-state index contributed by atoms with van der Waals surface area (Å²) in [5, 5.41) is 14.7. The number of anilines is 2. The van der Waals surface area contributed by atoms with Crippen molar-refractivity contribution in [2.45, 2.75) is 33.1 Å². The summed E-state index contributed by atoms with van der Waals surface area (Å²) in [7, 11) is 0. The predicted molar refractivity (Wildman–Crippen MR) is 114 cm³/mol. The van der Waals surface area contributed by atoms with Gasteiger partial charge in [0.2, 0.25) is 0 Å². The molecule has 144 valence electrons. The Hall–Kier alpha value is -3.21. The Labute approximate surface area is 166 Å². The molecule has 0 aliphatic heterocycles. The van der Waals surface area contributed by atoms with Crippen LogP contribution in [0.2, 0.25) is 0 Å². The molecular formula is C23H26N4O. The molecule has 1 amide bonds. The molecule has 0 bridgehead atoms. The standard InChI is InChI=1S/C23H26N4O/c1-3-4-5-15-24-23(28)18-9-11-20(12-10-18)25-22-14-13-21(26-27-22)19-8-6-7-17(2)16-19/h6-14,16H,3-5,15H2,1-2H3,(H,24,28)(H,25,27). The van der Waals surface area contributed by atoms with Crippen molar-refractivity contribution in [2.75, 3.05) is 11.9 Å². The number of benzene rings is 2. The van der Waals surface area contributed by atoms with Crippen LogP contribution in [0.4, 0.5) is 11.5 Å². The molecule has 0 saturated heterocycles. The van der Waals surface area contributed by atoms with E-state index in [0.717, 1.165) is 42.8 Å². The van der Waals surface area contributed by atoms with Crippen molar-refractivity contribution in [3.63, 3.8) is 0 Å². The largest absolute Gasteiger partial charge is 0.352 e. The fourth-order valence-electron chi connectivity index (χ4n) is 2.89. The highest BCUT2D eigenvalue weighted by Gasteiger charge is 2.06. The summed E-state index contributed by atoms with van der Waals surface area (Å²) in [5.74, 6) is 0.623. The van der Waals surface area contributed by atoms with E-state index in [2.05, 4.69) is 46.8 Å². The molecule has 1 heterocycles. The van der Waals surface area contributed by atoms with Gasteiger partial charge in [-0.15, -0.1) is 10.2 Å². The van der Waals surface area contributed by atoms with Crippen LogP contribution in [0, 0.1) is 6.92 Å². The number of unbranched alkanes of at least 4 members (excludes halogenated alkanes) is 2. The Bertz CT molecular complexity index is 905. The van der Waals surface area contributed by atoms with Gasteiger partial charge in [-0.1, -0.05) is 43.5 Å². The summed E-state index contributed by atoms with van der Waals surface area (Å²) in [6, 6.07) is 19.4. The molecule has 0 radical (unpaired) electrons. The number of amides is 1. The number of aromatic nitrogens is 2. The molecule has 0 unspecified atom stereocenters. The molecule has 1 aromatic heterocycles. The molecule has 0 atom stereocenters. The van der Waals surface area contributed by atoms with E-state index < -0.39 is 0 Å². The summed E-state index contributed by atoms with van der Waals surface area (Å²) in [6.07, 6.45) is 3.29. The van der Waals surface area contributed by atoms with E-state index in [9.17, 15) is 4.79 Å². The monoisotopic (exact) mass is 374 g/mol. The maximum atomic E-state index is 12.1. The fraction of sp³-hybridized carbons (Fsp3) is 0.261. The van der Waals surface area contributed by atoms with Crippen molar-refractivity contribution < 1.29 is 4.79 Å². The summed E-state index contributed by atoms with van der Waals surface area (Å²) < 4.78 is 0. The van der Waals surface area contributed by atoms with Crippen molar-refractivity contribution in [1.29, 1.82) is 0 Å². The molecule has 0 aliphatic rings. The van der Waals surface area contributed by atoms with Crippen LogP contribution < -0.4 is 10.6 Å². The zero-order chi connectivity index (χ0) is 19.8. The molecule has 3 aromatic rings. The van der Waals surface area contributed by atoms with Crippen LogP contribution in [-0.4, -0.2) is 22.6 Å². The Morgan fingerprint density at radius 2 is 1.79 bits per heavy atom. The second kappa shape index (κ2) is 9.65. The topological polar surface area (TPSA) is 66.9 Å². The number of hydrogen-bond acceptors (Lipinski definition) is 4. The lowest BCUT2D eigenvalue weighted by Crippen LogP contribution is -2.24. The molecule has 5 heteroatoms. The number of nitrogens with one attached hydrogen (secondary N) is 2. The summed E-state index contributed by atoms with van der Waals surface area (Å²) in [5.41, 5.74) is 4.59. The minimum atomic E-state index is -0.0371. The van der Waals surface area contributed by atoms with Crippen LogP contribution in [0.15, 0.2) is 60.7 Å². The van der Waals surface area contributed by atoms with E-state index in [0.29, 0.717) is 11.4 Å². The average molecular weight is 374 g/mol. The molecule has 3 rings (SSSR count). The van der Waals surface area contributed by atoms with Crippen LogP contribution in [0.3, 0.4) is 0 Å². The first-order valence-electron chi connectivity index (χ1n) is 9.72. The van der Waals surface area contributed by atoms with Crippen molar-refractivity contribution >= 4 is 17.4 Å². The first-order chi connectivity index (χ1) is 13.7. The highest BCUT2D eigenvalue weighted by atomic mass is 16.1. The fourth-order valence-corrected chi connectivity index (χ4v) is 2.89. The van der Waals surface area contributed by atoms with Crippen LogP contribution in [0.25, 0.3) is 11.3 Å². The SMILES string of the molecule is CCCCCNC(=O)c1ccc(Nc2ccc(-c3cccc(C)c3)nn2)cc1. The van der Waals surface area contributed by atoms with Gasteiger partial charge in [0.15, 0.2) is 5.82 Å². The van der Waals surface area contributed by atoms with Crippen molar-refractivity contribution in [2.24, 2.45) is 0 Å². The average Bonchev–Trinajstić information content (AvgIpc) is 2.72. The van der Waals surface area contributed by atoms with Gasteiger partial charge in [-0.25, -0.2) is 0 Å². The van der Waals surface area contributed by atoms with Gasteiger partial charge in [0, 0.05) is 23.4 Å². The minimum Gasteiger partial charge on any atom is -0.352 e. The van der Waals surface area contributed by atoms with E-state index in [1.54, 1.807) is 0 Å². The lowest BCUT2D eigenvalue weighted by molar-refractivity contribution is 0.0953. The van der Waals surface area contributed by atoms with Gasteiger partial charge in [-0.3, -0.25) is 4.79 Å². The van der Waals surface area contributed by atoms with Gasteiger partial charge in [-0.05, 0) is 55.8 Å². The lowest BCUT2D eigenvalue weighted by atomic mass is 10.1. The molecule has 5 nitrogen and oxygen atoms in total. The third-order valence-electron chi connectivity index (χ3n) is 4.46. The first-order valence-corrected chi connectivity index (χ1v) is 9.72. The normalized spacial score (nSPS) is 10.5. The molecule has 2 N–H and O–H groups in total. The van der Waals surface area contributed by atoms with E-state index in [-0.39, 0.29) is 5.91 Å². The van der Waals surface area contributed by atoms with Gasteiger partial charge in [0.25, 0.3) is 5.91 Å². The summed E-state index contributed by atoms with van der Waals surface area (Å²) in [6.45, 7) is 4.92. The molecule has 0 fully saturated rings. The number of hydrogen-bond donors (Lipinski definition) is 2. The lowest BCUT2D eigenvalue weighted by Gasteiger charge is -2.08. The highest BCUT2D eigenvalue weighted by molar-refractivity contribution is 5.94. The van der Waals surface area contributed by atoms with Gasteiger partial charge >= 0.3 is 0 Å². The number of aryl methyl sites for hydroxylation is 1. The van der Waals surface area contributed by atoms with Gasteiger partial charge in [0.05, 0.1) is 5.69 Å². The Morgan fingerprint density at radius 3 is 2.46 bits per heavy atom. The van der Waals surface area contributed by atoms with Crippen molar-refractivity contribution in [3.05, 3.63) is 71.8 Å². The van der Waals surface area contributed by atoms with E-state index >= 15 is 0 Å². The Morgan fingerprint density at radius 1 is 0.964 bits per heavy atom. The zero-order valence-corrected chi connectivity index (χ0v) is 16.4. The molecule has 0 spiro atoms. The Kier molecular flexibility index (Phi) is 6.73. The van der Waals surface area contributed by atoms with Gasteiger partial charge in [-0.2, -0.15) is 0 Å². The molecule has 0 saturated carbocycles. The predicted octanol–water partition coefficient (Wildman–Crippen LogP) is 5.12. The Balaban J connectivity index is 1.59. The smallest absolute Gasteiger partial charge is 0.251 e. The van der Waals surface area contributed by atoms with Gasteiger partial charge < -0.3 is 10.6 Å². The second-order valence-electron chi connectivity index (χ2n) is 6.84. The van der Waals surface area contributed by atoms with Crippen LogP contribution >= 0.6 is 0 Å². The number of carbonyl (C=O) groups is 1. The molecule has 0 aliphatic carbocycles. The van der Waals surface area contributed by atoms with Crippen LogP contribution in [0.5, 0.6) is 0 Å². The number of carbonyl (C=O) groups excluding carboxylic acids is 1. The molecule has 2 aromatic carbocycles.